The molecule has 0 aromatic carbocycles. The lowest BCUT2D eigenvalue weighted by Crippen LogP contribution is -2.42. The van der Waals surface area contributed by atoms with Crippen molar-refractivity contribution in [2.24, 2.45) is 4.99 Å². The molecule has 0 bridgehead atoms. The number of thioether (sulfide) groups is 1. The van der Waals surface area contributed by atoms with Gasteiger partial charge in [0.1, 0.15) is 0 Å². The maximum absolute atomic E-state index is 4.30. The van der Waals surface area contributed by atoms with Crippen LogP contribution in [-0.2, 0) is 6.54 Å². The number of aromatic nitrogens is 1. The van der Waals surface area contributed by atoms with Crippen molar-refractivity contribution < 1.29 is 0 Å². The number of aryl methyl sites for hydroxylation is 1. The second-order valence-electron chi connectivity index (χ2n) is 4.78. The van der Waals surface area contributed by atoms with Crippen LogP contribution in [0.3, 0.4) is 0 Å². The Labute approximate surface area is 146 Å². The molecule has 1 saturated carbocycles. The van der Waals surface area contributed by atoms with Crippen LogP contribution in [0.5, 0.6) is 0 Å². The lowest BCUT2D eigenvalue weighted by Gasteiger charge is -2.16. The van der Waals surface area contributed by atoms with Gasteiger partial charge in [-0.3, -0.25) is 4.99 Å². The van der Waals surface area contributed by atoms with E-state index in [0.29, 0.717) is 6.04 Å². The molecular weight excluding hydrogens is 403 g/mol. The third-order valence-electron chi connectivity index (χ3n) is 3.38. The van der Waals surface area contributed by atoms with Gasteiger partial charge >= 0.3 is 0 Å². The normalized spacial score (nSPS) is 22.4. The van der Waals surface area contributed by atoms with E-state index < -0.39 is 0 Å². The summed E-state index contributed by atoms with van der Waals surface area (Å²) in [5.41, 5.74) is 0. The summed E-state index contributed by atoms with van der Waals surface area (Å²) < 4.78 is 0. The van der Waals surface area contributed by atoms with Crippen LogP contribution in [0, 0.1) is 6.92 Å². The maximum atomic E-state index is 4.30. The number of rotatable bonds is 4. The Kier molecular flexibility index (Phi) is 8.20. The van der Waals surface area contributed by atoms with Crippen LogP contribution < -0.4 is 10.6 Å². The van der Waals surface area contributed by atoms with Crippen LogP contribution in [0.2, 0.25) is 0 Å². The Morgan fingerprint density at radius 1 is 1.55 bits per heavy atom. The number of halogens is 1. The number of thiazole rings is 1. The molecule has 1 aliphatic carbocycles. The highest BCUT2D eigenvalue weighted by molar-refractivity contribution is 14.0. The number of hydrogen-bond donors (Lipinski definition) is 2. The highest BCUT2D eigenvalue weighted by Crippen LogP contribution is 2.28. The topological polar surface area (TPSA) is 49.3 Å². The molecule has 7 heteroatoms. The summed E-state index contributed by atoms with van der Waals surface area (Å²) >= 11 is 3.70. The molecule has 2 atom stereocenters. The molecule has 1 heterocycles. The van der Waals surface area contributed by atoms with Crippen LogP contribution in [0.1, 0.15) is 29.1 Å². The van der Waals surface area contributed by atoms with Gasteiger partial charge in [-0.2, -0.15) is 11.8 Å². The fourth-order valence-electron chi connectivity index (χ4n) is 2.33. The lowest BCUT2D eigenvalue weighted by molar-refractivity contribution is 0.615. The highest BCUT2D eigenvalue weighted by atomic mass is 127. The Morgan fingerprint density at radius 2 is 2.35 bits per heavy atom. The Hall–Kier alpha value is -0.0200. The molecule has 4 nitrogen and oxygen atoms in total. The fraction of sp³-hybridized carbons (Fsp3) is 0.692. The first kappa shape index (κ1) is 18.0. The van der Waals surface area contributed by atoms with Crippen molar-refractivity contribution in [3.63, 3.8) is 0 Å². The first-order valence-electron chi connectivity index (χ1n) is 6.62. The van der Waals surface area contributed by atoms with E-state index in [9.17, 15) is 0 Å². The van der Waals surface area contributed by atoms with Gasteiger partial charge < -0.3 is 10.6 Å². The fourth-order valence-corrected chi connectivity index (χ4v) is 3.86. The van der Waals surface area contributed by atoms with Gasteiger partial charge in [0, 0.05) is 29.4 Å². The van der Waals surface area contributed by atoms with Crippen LogP contribution in [0.4, 0.5) is 0 Å². The molecule has 20 heavy (non-hydrogen) atoms. The van der Waals surface area contributed by atoms with E-state index in [1.54, 1.807) is 11.3 Å². The molecule has 0 radical (unpaired) electrons. The first-order chi connectivity index (χ1) is 9.21. The summed E-state index contributed by atoms with van der Waals surface area (Å²) in [6, 6.07) is 0.562. The Bertz CT molecular complexity index is 436. The SMILES string of the molecule is CN=C(NCc1cnc(C)s1)NC1CCC(SC)C1.I. The molecule has 0 amide bonds. The van der Waals surface area contributed by atoms with Crippen LogP contribution in [0.25, 0.3) is 0 Å². The molecule has 0 aliphatic heterocycles. The third kappa shape index (κ3) is 5.40. The second-order valence-corrected chi connectivity index (χ2v) is 7.24. The van der Waals surface area contributed by atoms with Gasteiger partial charge in [0.25, 0.3) is 0 Å². The zero-order chi connectivity index (χ0) is 13.7. The molecule has 1 aromatic rings. The molecule has 0 spiro atoms. The molecule has 0 saturated heterocycles. The third-order valence-corrected chi connectivity index (χ3v) is 5.39. The van der Waals surface area contributed by atoms with Crippen LogP contribution >= 0.6 is 47.1 Å². The van der Waals surface area contributed by atoms with Crippen LogP contribution in [0.15, 0.2) is 11.2 Å². The van der Waals surface area contributed by atoms with Gasteiger partial charge in [0.2, 0.25) is 0 Å². The predicted octanol–water partition coefficient (Wildman–Crippen LogP) is 3.02. The zero-order valence-electron chi connectivity index (χ0n) is 12.2. The van der Waals surface area contributed by atoms with E-state index >= 15 is 0 Å². The van der Waals surface area contributed by atoms with E-state index in [2.05, 4.69) is 26.9 Å². The average Bonchev–Trinajstić information content (AvgIpc) is 3.03. The lowest BCUT2D eigenvalue weighted by atomic mass is 10.2. The van der Waals surface area contributed by atoms with Crippen molar-refractivity contribution in [1.82, 2.24) is 15.6 Å². The molecule has 2 rings (SSSR count). The quantitative estimate of drug-likeness (QED) is 0.442. The molecule has 1 aliphatic rings. The Morgan fingerprint density at radius 3 is 2.90 bits per heavy atom. The summed E-state index contributed by atoms with van der Waals surface area (Å²) in [6.07, 6.45) is 7.92. The minimum Gasteiger partial charge on any atom is -0.354 e. The van der Waals surface area contributed by atoms with Crippen molar-refractivity contribution >= 4 is 53.0 Å². The van der Waals surface area contributed by atoms with Crippen molar-refractivity contribution in [1.29, 1.82) is 0 Å². The second kappa shape index (κ2) is 9.09. The number of nitrogens with one attached hydrogen (secondary N) is 2. The van der Waals surface area contributed by atoms with Crippen molar-refractivity contribution in [3.8, 4) is 0 Å². The van der Waals surface area contributed by atoms with Crippen LogP contribution in [-0.4, -0.2) is 35.5 Å². The molecular formula is C13H23IN4S2. The van der Waals surface area contributed by atoms with E-state index in [-0.39, 0.29) is 24.0 Å². The standard InChI is InChI=1S/C13H22N4S2.HI/c1-9-15-7-12(19-9)8-16-13(14-2)17-10-4-5-11(6-10)18-3;/h7,10-11H,4-6,8H2,1-3H3,(H2,14,16,17);1H. The smallest absolute Gasteiger partial charge is 0.191 e. The minimum atomic E-state index is 0. The van der Waals surface area contributed by atoms with E-state index in [1.165, 1.54) is 24.1 Å². The Balaban J connectivity index is 0.00000200. The molecule has 2 unspecified atom stereocenters. The molecule has 1 fully saturated rings. The summed E-state index contributed by atoms with van der Waals surface area (Å²) in [7, 11) is 1.83. The van der Waals surface area contributed by atoms with Gasteiger partial charge in [0.05, 0.1) is 11.6 Å². The van der Waals surface area contributed by atoms with Gasteiger partial charge in [-0.15, -0.1) is 35.3 Å². The van der Waals surface area contributed by atoms with Gasteiger partial charge in [-0.1, -0.05) is 0 Å². The van der Waals surface area contributed by atoms with E-state index in [0.717, 1.165) is 22.8 Å². The summed E-state index contributed by atoms with van der Waals surface area (Å²) in [5.74, 6) is 0.901. The molecule has 1 aromatic heterocycles. The summed E-state index contributed by atoms with van der Waals surface area (Å²) in [5, 5.41) is 8.79. The first-order valence-corrected chi connectivity index (χ1v) is 8.73. The minimum absolute atomic E-state index is 0. The largest absolute Gasteiger partial charge is 0.354 e. The molecule has 114 valence electrons. The van der Waals surface area contributed by atoms with Crippen molar-refractivity contribution in [2.75, 3.05) is 13.3 Å². The average molecular weight is 426 g/mol. The zero-order valence-corrected chi connectivity index (χ0v) is 16.1. The van der Waals surface area contributed by atoms with Crippen molar-refractivity contribution in [2.45, 2.75) is 44.0 Å². The number of guanidine groups is 1. The maximum Gasteiger partial charge on any atom is 0.191 e. The molecule has 2 N–H and O–H groups in total. The van der Waals surface area contributed by atoms with Crippen molar-refractivity contribution in [3.05, 3.63) is 16.1 Å². The van der Waals surface area contributed by atoms with E-state index in [1.807, 2.05) is 31.9 Å². The number of nitrogens with zero attached hydrogens (tertiary/aromatic N) is 2. The van der Waals surface area contributed by atoms with Gasteiger partial charge in [-0.25, -0.2) is 4.98 Å². The summed E-state index contributed by atoms with van der Waals surface area (Å²) in [6.45, 7) is 2.83. The van der Waals surface area contributed by atoms with Gasteiger partial charge in [0.15, 0.2) is 5.96 Å². The van der Waals surface area contributed by atoms with Gasteiger partial charge in [-0.05, 0) is 32.4 Å². The van der Waals surface area contributed by atoms with E-state index in [4.69, 9.17) is 0 Å². The predicted molar refractivity (Wildman–Crippen MR) is 101 cm³/mol. The number of hydrogen-bond acceptors (Lipinski definition) is 4. The monoisotopic (exact) mass is 426 g/mol. The number of aliphatic imine (C=N–C) groups is 1. The highest BCUT2D eigenvalue weighted by Gasteiger charge is 2.24. The summed E-state index contributed by atoms with van der Waals surface area (Å²) in [4.78, 5) is 9.80.